The molecule has 1 atom stereocenters. The Balaban J connectivity index is 1.16. The molecule has 4 aliphatic rings. The summed E-state index contributed by atoms with van der Waals surface area (Å²) in [5.74, 6) is 1.87. The first-order valence-electron chi connectivity index (χ1n) is 10.2. The molecule has 1 aromatic rings. The summed E-state index contributed by atoms with van der Waals surface area (Å²) >= 11 is 0. The molecule has 0 aromatic heterocycles. The number of nitrogens with zero attached hydrogens (tertiary/aromatic N) is 2. The number of rotatable bonds is 4. The third-order valence-electron chi connectivity index (χ3n) is 6.15. The van der Waals surface area contributed by atoms with Crippen LogP contribution in [0, 0.1) is 0 Å². The lowest BCUT2D eigenvalue weighted by Crippen LogP contribution is -2.60. The van der Waals surface area contributed by atoms with Gasteiger partial charge < -0.3 is 25.0 Å². The van der Waals surface area contributed by atoms with E-state index in [1.165, 1.54) is 5.69 Å². The summed E-state index contributed by atoms with van der Waals surface area (Å²) in [4.78, 5) is 17.3. The van der Waals surface area contributed by atoms with E-state index in [0.717, 1.165) is 69.9 Å². The number of piperazine rings is 1. The Morgan fingerprint density at radius 2 is 1.89 bits per heavy atom. The van der Waals surface area contributed by atoms with Gasteiger partial charge in [0, 0.05) is 56.6 Å². The van der Waals surface area contributed by atoms with Crippen LogP contribution in [-0.4, -0.2) is 68.4 Å². The number of anilines is 1. The zero-order chi connectivity index (χ0) is 18.2. The van der Waals surface area contributed by atoms with Gasteiger partial charge in [-0.15, -0.1) is 0 Å². The van der Waals surface area contributed by atoms with E-state index in [1.807, 2.05) is 6.07 Å². The van der Waals surface area contributed by atoms with Crippen LogP contribution in [-0.2, 0) is 4.79 Å². The van der Waals surface area contributed by atoms with Crippen LogP contribution < -0.4 is 25.0 Å². The van der Waals surface area contributed by atoms with Crippen molar-refractivity contribution in [2.75, 3.05) is 44.4 Å². The highest BCUT2D eigenvalue weighted by Crippen LogP contribution is 2.36. The first-order valence-corrected chi connectivity index (χ1v) is 10.2. The number of benzene rings is 1. The van der Waals surface area contributed by atoms with E-state index in [4.69, 9.17) is 9.47 Å². The summed E-state index contributed by atoms with van der Waals surface area (Å²) in [6, 6.07) is 7.14. The van der Waals surface area contributed by atoms with Gasteiger partial charge in [-0.1, -0.05) is 0 Å². The molecule has 1 amide bonds. The molecule has 27 heavy (non-hydrogen) atoms. The lowest BCUT2D eigenvalue weighted by atomic mass is 10.0. The van der Waals surface area contributed by atoms with E-state index in [-0.39, 0.29) is 11.9 Å². The number of piperidine rings is 1. The van der Waals surface area contributed by atoms with Gasteiger partial charge in [0.2, 0.25) is 12.7 Å². The SMILES string of the molecule is O=C(NC1CC1)C1CN(C2CCN(c3ccc4c(c3)OCO4)CC2)CCN1. The molecular formula is C20H28N4O3. The first kappa shape index (κ1) is 17.1. The van der Waals surface area contributed by atoms with Crippen molar-refractivity contribution in [2.45, 2.75) is 43.8 Å². The van der Waals surface area contributed by atoms with E-state index in [9.17, 15) is 4.79 Å². The monoisotopic (exact) mass is 372 g/mol. The zero-order valence-electron chi connectivity index (χ0n) is 15.7. The molecule has 0 radical (unpaired) electrons. The van der Waals surface area contributed by atoms with Gasteiger partial charge in [-0.3, -0.25) is 9.69 Å². The molecule has 1 unspecified atom stereocenters. The van der Waals surface area contributed by atoms with Gasteiger partial charge in [-0.2, -0.15) is 0 Å². The molecule has 2 saturated heterocycles. The lowest BCUT2D eigenvalue weighted by molar-refractivity contribution is -0.124. The van der Waals surface area contributed by atoms with Gasteiger partial charge >= 0.3 is 0 Å². The van der Waals surface area contributed by atoms with Crippen LogP contribution in [0.25, 0.3) is 0 Å². The van der Waals surface area contributed by atoms with Gasteiger partial charge in [-0.05, 0) is 37.8 Å². The summed E-state index contributed by atoms with van der Waals surface area (Å²) in [7, 11) is 0. The second kappa shape index (κ2) is 7.20. The lowest BCUT2D eigenvalue weighted by Gasteiger charge is -2.42. The molecule has 0 bridgehead atoms. The fourth-order valence-electron chi connectivity index (χ4n) is 4.38. The van der Waals surface area contributed by atoms with Gasteiger partial charge in [0.15, 0.2) is 11.5 Å². The summed E-state index contributed by atoms with van der Waals surface area (Å²) < 4.78 is 10.9. The highest BCUT2D eigenvalue weighted by atomic mass is 16.7. The molecule has 1 aromatic carbocycles. The standard InChI is InChI=1S/C20H28N4O3/c25-20(22-14-1-2-14)17-12-24(10-7-21-17)15-5-8-23(9-6-15)16-3-4-18-19(11-16)27-13-26-18/h3-4,11,14-15,17,21H,1-2,5-10,12-13H2,(H,22,25). The van der Waals surface area contributed by atoms with Crippen molar-refractivity contribution in [1.82, 2.24) is 15.5 Å². The predicted molar refractivity (Wildman–Crippen MR) is 102 cm³/mol. The largest absolute Gasteiger partial charge is 0.454 e. The highest BCUT2D eigenvalue weighted by molar-refractivity contribution is 5.82. The second-order valence-electron chi connectivity index (χ2n) is 8.04. The third-order valence-corrected chi connectivity index (χ3v) is 6.15. The Labute approximate surface area is 160 Å². The summed E-state index contributed by atoms with van der Waals surface area (Å²) in [6.45, 7) is 5.14. The van der Waals surface area contributed by atoms with Gasteiger partial charge in [0.25, 0.3) is 0 Å². The molecule has 7 heteroatoms. The quantitative estimate of drug-likeness (QED) is 0.820. The van der Waals surface area contributed by atoms with Gasteiger partial charge in [0.05, 0.1) is 6.04 Å². The normalized spacial score (nSPS) is 26.2. The van der Waals surface area contributed by atoms with E-state index in [0.29, 0.717) is 18.9 Å². The van der Waals surface area contributed by atoms with Crippen LogP contribution in [0.3, 0.4) is 0 Å². The van der Waals surface area contributed by atoms with Crippen LogP contribution in [0.4, 0.5) is 5.69 Å². The number of amides is 1. The maximum absolute atomic E-state index is 12.4. The Bertz CT molecular complexity index is 700. The predicted octanol–water partition coefficient (Wildman–Crippen LogP) is 0.936. The second-order valence-corrected chi connectivity index (χ2v) is 8.04. The minimum absolute atomic E-state index is 0.0637. The number of carbonyl (C=O) groups excluding carboxylic acids is 1. The van der Waals surface area contributed by atoms with Crippen molar-refractivity contribution < 1.29 is 14.3 Å². The molecule has 1 aliphatic carbocycles. The van der Waals surface area contributed by atoms with Crippen LogP contribution in [0.15, 0.2) is 18.2 Å². The average Bonchev–Trinajstić information content (AvgIpc) is 3.40. The van der Waals surface area contributed by atoms with Crippen molar-refractivity contribution in [3.8, 4) is 11.5 Å². The molecule has 146 valence electrons. The van der Waals surface area contributed by atoms with E-state index in [2.05, 4.69) is 32.6 Å². The minimum atomic E-state index is -0.0637. The molecule has 2 N–H and O–H groups in total. The number of nitrogens with one attached hydrogen (secondary N) is 2. The first-order chi connectivity index (χ1) is 13.3. The van der Waals surface area contributed by atoms with E-state index >= 15 is 0 Å². The minimum Gasteiger partial charge on any atom is -0.454 e. The number of hydrogen-bond donors (Lipinski definition) is 2. The summed E-state index contributed by atoms with van der Waals surface area (Å²) in [6.07, 6.45) is 4.54. The number of hydrogen-bond acceptors (Lipinski definition) is 6. The van der Waals surface area contributed by atoms with Crippen LogP contribution >= 0.6 is 0 Å². The van der Waals surface area contributed by atoms with Gasteiger partial charge in [0.1, 0.15) is 0 Å². The van der Waals surface area contributed by atoms with Crippen molar-refractivity contribution in [3.05, 3.63) is 18.2 Å². The number of carbonyl (C=O) groups is 1. The molecule has 3 aliphatic heterocycles. The van der Waals surface area contributed by atoms with Crippen molar-refractivity contribution in [3.63, 3.8) is 0 Å². The van der Waals surface area contributed by atoms with Crippen molar-refractivity contribution >= 4 is 11.6 Å². The smallest absolute Gasteiger partial charge is 0.238 e. The van der Waals surface area contributed by atoms with Gasteiger partial charge in [-0.25, -0.2) is 0 Å². The molecule has 0 spiro atoms. The maximum Gasteiger partial charge on any atom is 0.238 e. The fraction of sp³-hybridized carbons (Fsp3) is 0.650. The van der Waals surface area contributed by atoms with E-state index in [1.54, 1.807) is 0 Å². The Kier molecular flexibility index (Phi) is 4.57. The zero-order valence-corrected chi connectivity index (χ0v) is 15.7. The number of ether oxygens (including phenoxy) is 2. The van der Waals surface area contributed by atoms with Crippen molar-refractivity contribution in [1.29, 1.82) is 0 Å². The topological polar surface area (TPSA) is 66.1 Å². The Hall–Kier alpha value is -1.99. The average molecular weight is 372 g/mol. The molecule has 1 saturated carbocycles. The van der Waals surface area contributed by atoms with Crippen LogP contribution in [0.2, 0.25) is 0 Å². The van der Waals surface area contributed by atoms with Crippen LogP contribution in [0.5, 0.6) is 11.5 Å². The van der Waals surface area contributed by atoms with Crippen LogP contribution in [0.1, 0.15) is 25.7 Å². The molecule has 3 heterocycles. The molecular weight excluding hydrogens is 344 g/mol. The van der Waals surface area contributed by atoms with Crippen molar-refractivity contribution in [2.24, 2.45) is 0 Å². The molecule has 7 nitrogen and oxygen atoms in total. The molecule has 5 rings (SSSR count). The Morgan fingerprint density at radius 1 is 1.07 bits per heavy atom. The number of fused-ring (bicyclic) bond motifs is 1. The summed E-state index contributed by atoms with van der Waals surface area (Å²) in [5, 5.41) is 6.53. The summed E-state index contributed by atoms with van der Waals surface area (Å²) in [5.41, 5.74) is 1.21. The maximum atomic E-state index is 12.4. The van der Waals surface area contributed by atoms with E-state index < -0.39 is 0 Å². The highest BCUT2D eigenvalue weighted by Gasteiger charge is 2.33. The third kappa shape index (κ3) is 3.71. The molecule has 3 fully saturated rings. The fourth-order valence-corrected chi connectivity index (χ4v) is 4.38. The Morgan fingerprint density at radius 3 is 2.70 bits per heavy atom.